The van der Waals surface area contributed by atoms with E-state index in [9.17, 15) is 9.59 Å². The standard InChI is InChI=1S/C21H19N3O3S/c22-9-3-11-24(12-4-10-23)19(25)14-27-21(26)18-13-16-8-7-15-5-1-2-6-17(15)20(16)28-18/h1-2,5-6,13H,3-4,7-8,11-12,14H2. The molecule has 0 saturated heterocycles. The fraction of sp³-hybridized carbons (Fsp3) is 0.333. The van der Waals surface area contributed by atoms with Crippen molar-refractivity contribution in [1.82, 2.24) is 4.90 Å². The maximum atomic E-state index is 12.4. The molecule has 142 valence electrons. The number of fused-ring (bicyclic) bond motifs is 3. The van der Waals surface area contributed by atoms with Gasteiger partial charge in [0, 0.05) is 18.0 Å². The summed E-state index contributed by atoms with van der Waals surface area (Å²) in [5, 5.41) is 17.4. The van der Waals surface area contributed by atoms with Crippen molar-refractivity contribution < 1.29 is 14.3 Å². The molecule has 1 aromatic heterocycles. The Bertz CT molecular complexity index is 950. The molecule has 0 fully saturated rings. The van der Waals surface area contributed by atoms with E-state index in [1.807, 2.05) is 30.3 Å². The zero-order valence-electron chi connectivity index (χ0n) is 15.3. The zero-order valence-corrected chi connectivity index (χ0v) is 16.1. The van der Waals surface area contributed by atoms with Crippen LogP contribution < -0.4 is 0 Å². The normalized spacial score (nSPS) is 11.5. The van der Waals surface area contributed by atoms with Crippen LogP contribution in [-0.4, -0.2) is 36.5 Å². The number of aryl methyl sites for hydroxylation is 2. The summed E-state index contributed by atoms with van der Waals surface area (Å²) in [5.74, 6) is -0.920. The highest BCUT2D eigenvalue weighted by Gasteiger charge is 2.23. The Morgan fingerprint density at radius 3 is 2.46 bits per heavy atom. The molecular weight excluding hydrogens is 374 g/mol. The summed E-state index contributed by atoms with van der Waals surface area (Å²) in [5.41, 5.74) is 3.56. The molecule has 7 heteroatoms. The van der Waals surface area contributed by atoms with E-state index in [0.29, 0.717) is 4.88 Å². The topological polar surface area (TPSA) is 94.2 Å². The summed E-state index contributed by atoms with van der Waals surface area (Å²) < 4.78 is 5.21. The van der Waals surface area contributed by atoms with Crippen LogP contribution in [0.25, 0.3) is 10.4 Å². The Kier molecular flexibility index (Phi) is 6.41. The molecule has 1 heterocycles. The molecule has 0 bridgehead atoms. The van der Waals surface area contributed by atoms with Crippen molar-refractivity contribution in [2.75, 3.05) is 19.7 Å². The molecule has 0 unspecified atom stereocenters. The molecule has 1 aliphatic rings. The molecule has 1 aliphatic carbocycles. The van der Waals surface area contributed by atoms with E-state index in [1.165, 1.54) is 21.8 Å². The zero-order chi connectivity index (χ0) is 19.9. The van der Waals surface area contributed by atoms with Crippen molar-refractivity contribution in [3.8, 4) is 22.6 Å². The number of carbonyl (C=O) groups is 2. The lowest BCUT2D eigenvalue weighted by Crippen LogP contribution is -2.36. The predicted octanol–water partition coefficient (Wildman–Crippen LogP) is 3.33. The van der Waals surface area contributed by atoms with Gasteiger partial charge in [-0.1, -0.05) is 24.3 Å². The van der Waals surface area contributed by atoms with E-state index >= 15 is 0 Å². The first-order valence-electron chi connectivity index (χ1n) is 9.04. The maximum Gasteiger partial charge on any atom is 0.348 e. The lowest BCUT2D eigenvalue weighted by atomic mass is 9.91. The second-order valence-corrected chi connectivity index (χ2v) is 7.45. The Balaban J connectivity index is 1.64. The highest BCUT2D eigenvalue weighted by Crippen LogP contribution is 2.39. The number of benzene rings is 1. The summed E-state index contributed by atoms with van der Waals surface area (Å²) in [4.78, 5) is 27.7. The van der Waals surface area contributed by atoms with Gasteiger partial charge < -0.3 is 9.64 Å². The van der Waals surface area contributed by atoms with Crippen molar-refractivity contribution in [3.63, 3.8) is 0 Å². The Hall–Kier alpha value is -3.16. The van der Waals surface area contributed by atoms with E-state index in [0.717, 1.165) is 28.8 Å². The largest absolute Gasteiger partial charge is 0.451 e. The summed E-state index contributed by atoms with van der Waals surface area (Å²) in [6, 6.07) is 14.0. The maximum absolute atomic E-state index is 12.4. The van der Waals surface area contributed by atoms with Gasteiger partial charge in [-0.15, -0.1) is 11.3 Å². The third kappa shape index (κ3) is 4.39. The SMILES string of the molecule is N#CCCN(CCC#N)C(=O)COC(=O)c1cc2c(s1)-c1ccccc1CC2. The van der Waals surface area contributed by atoms with Gasteiger partial charge in [0.2, 0.25) is 0 Å². The van der Waals surface area contributed by atoms with E-state index in [-0.39, 0.29) is 25.9 Å². The smallest absolute Gasteiger partial charge is 0.348 e. The molecule has 3 rings (SSSR count). The van der Waals surface area contributed by atoms with Gasteiger partial charge in [0.1, 0.15) is 4.88 Å². The van der Waals surface area contributed by atoms with E-state index in [2.05, 4.69) is 12.1 Å². The van der Waals surface area contributed by atoms with Gasteiger partial charge in [0.15, 0.2) is 6.61 Å². The molecule has 28 heavy (non-hydrogen) atoms. The number of ether oxygens (including phenoxy) is 1. The van der Waals surface area contributed by atoms with Crippen molar-refractivity contribution in [2.24, 2.45) is 0 Å². The Labute approximate surface area is 167 Å². The van der Waals surface area contributed by atoms with Crippen LogP contribution in [0.5, 0.6) is 0 Å². The third-order valence-electron chi connectivity index (χ3n) is 4.60. The molecule has 0 saturated carbocycles. The summed E-state index contributed by atoms with van der Waals surface area (Å²) in [6.07, 6.45) is 2.16. The monoisotopic (exact) mass is 393 g/mol. The van der Waals surface area contributed by atoms with Crippen molar-refractivity contribution in [2.45, 2.75) is 25.7 Å². The number of nitriles is 2. The lowest BCUT2D eigenvalue weighted by Gasteiger charge is -2.19. The van der Waals surface area contributed by atoms with Crippen LogP contribution in [0.15, 0.2) is 30.3 Å². The number of esters is 1. The molecule has 0 radical (unpaired) electrons. The number of nitrogens with zero attached hydrogens (tertiary/aromatic N) is 3. The van der Waals surface area contributed by atoms with E-state index in [4.69, 9.17) is 15.3 Å². The second kappa shape index (κ2) is 9.16. The Morgan fingerprint density at radius 2 is 1.75 bits per heavy atom. The van der Waals surface area contributed by atoms with Crippen molar-refractivity contribution >= 4 is 23.2 Å². The molecule has 0 spiro atoms. The van der Waals surface area contributed by atoms with Crippen LogP contribution in [0.3, 0.4) is 0 Å². The van der Waals surface area contributed by atoms with Gasteiger partial charge in [-0.3, -0.25) is 4.79 Å². The molecule has 6 nitrogen and oxygen atoms in total. The van der Waals surface area contributed by atoms with E-state index < -0.39 is 18.5 Å². The van der Waals surface area contributed by atoms with Crippen molar-refractivity contribution in [3.05, 3.63) is 46.3 Å². The first-order chi connectivity index (χ1) is 13.6. The molecule has 0 aliphatic heterocycles. The fourth-order valence-corrected chi connectivity index (χ4v) is 4.36. The quantitative estimate of drug-likeness (QED) is 0.673. The van der Waals surface area contributed by atoms with Crippen LogP contribution in [-0.2, 0) is 22.4 Å². The minimum atomic E-state index is -0.522. The predicted molar refractivity (Wildman–Crippen MR) is 104 cm³/mol. The van der Waals surface area contributed by atoms with Gasteiger partial charge >= 0.3 is 5.97 Å². The van der Waals surface area contributed by atoms with Gasteiger partial charge in [0.25, 0.3) is 5.91 Å². The molecule has 1 amide bonds. The average molecular weight is 393 g/mol. The summed E-state index contributed by atoms with van der Waals surface area (Å²) >= 11 is 1.39. The molecular formula is C21H19N3O3S. The number of carbonyl (C=O) groups excluding carboxylic acids is 2. The van der Waals surface area contributed by atoms with Crippen LogP contribution in [0, 0.1) is 22.7 Å². The molecule has 1 aromatic carbocycles. The second-order valence-electron chi connectivity index (χ2n) is 6.40. The summed E-state index contributed by atoms with van der Waals surface area (Å²) in [6.45, 7) is 0.0478. The first kappa shape index (κ1) is 19.6. The highest BCUT2D eigenvalue weighted by molar-refractivity contribution is 7.17. The number of hydrogen-bond acceptors (Lipinski definition) is 6. The molecule has 0 N–H and O–H groups in total. The van der Waals surface area contributed by atoms with Crippen LogP contribution in [0.2, 0.25) is 0 Å². The van der Waals surface area contributed by atoms with Crippen LogP contribution >= 0.6 is 11.3 Å². The van der Waals surface area contributed by atoms with Crippen LogP contribution in [0.1, 0.15) is 33.6 Å². The van der Waals surface area contributed by atoms with Crippen molar-refractivity contribution in [1.29, 1.82) is 10.5 Å². The van der Waals surface area contributed by atoms with Gasteiger partial charge in [0.05, 0.1) is 25.0 Å². The average Bonchev–Trinajstić information content (AvgIpc) is 3.17. The van der Waals surface area contributed by atoms with E-state index in [1.54, 1.807) is 0 Å². The van der Waals surface area contributed by atoms with Crippen LogP contribution in [0.4, 0.5) is 0 Å². The number of thiophene rings is 1. The minimum absolute atomic E-state index is 0.169. The van der Waals surface area contributed by atoms with Gasteiger partial charge in [-0.25, -0.2) is 4.79 Å². The fourth-order valence-electron chi connectivity index (χ4n) is 3.19. The number of amides is 1. The number of rotatable bonds is 7. The van der Waals surface area contributed by atoms with Gasteiger partial charge in [-0.2, -0.15) is 10.5 Å². The lowest BCUT2D eigenvalue weighted by molar-refractivity contribution is -0.134. The minimum Gasteiger partial charge on any atom is -0.451 e. The molecule has 2 aromatic rings. The summed E-state index contributed by atoms with van der Waals surface area (Å²) in [7, 11) is 0. The Morgan fingerprint density at radius 1 is 1.07 bits per heavy atom. The van der Waals surface area contributed by atoms with Gasteiger partial charge in [-0.05, 0) is 35.6 Å². The number of hydrogen-bond donors (Lipinski definition) is 0. The third-order valence-corrected chi connectivity index (χ3v) is 5.79. The first-order valence-corrected chi connectivity index (χ1v) is 9.85. The highest BCUT2D eigenvalue weighted by atomic mass is 32.1. The molecule has 0 atom stereocenters.